The first-order chi connectivity index (χ1) is 18.5. The fourth-order valence-corrected chi connectivity index (χ4v) is 4.43. The lowest BCUT2D eigenvalue weighted by molar-refractivity contribution is 0.0494. The van der Waals surface area contributed by atoms with Crippen molar-refractivity contribution in [3.05, 3.63) is 35.4 Å². The number of benzene rings is 1. The third kappa shape index (κ3) is 17.6. The van der Waals surface area contributed by atoms with Gasteiger partial charge >= 0.3 is 11.9 Å². The molecule has 0 aromatic heterocycles. The van der Waals surface area contributed by atoms with Crippen LogP contribution < -0.4 is 0 Å². The second-order valence-corrected chi connectivity index (χ2v) is 10.7. The zero-order valence-corrected chi connectivity index (χ0v) is 25.0. The minimum atomic E-state index is -0.387. The highest BCUT2D eigenvalue weighted by atomic mass is 16.5. The number of hydrogen-bond donors (Lipinski definition) is 0. The average Bonchev–Trinajstić information content (AvgIpc) is 2.92. The molecule has 0 saturated carbocycles. The van der Waals surface area contributed by atoms with Crippen molar-refractivity contribution in [1.29, 1.82) is 0 Å². The number of unbranched alkanes of at least 4 members (excludes halogenated alkanes) is 10. The molecule has 0 saturated heterocycles. The molecule has 0 atom stereocenters. The summed E-state index contributed by atoms with van der Waals surface area (Å²) in [6.45, 7) is 9.55. The lowest BCUT2D eigenvalue weighted by atomic mass is 10.1. The SMILES string of the molecule is CCCCCCCN(C)CCCCOC(=O)c1cccc(C(=O)OCCCCN(C)CCCCCCC)c1. The van der Waals surface area contributed by atoms with Crippen LogP contribution in [-0.4, -0.2) is 75.2 Å². The van der Waals surface area contributed by atoms with Crippen LogP contribution in [0.3, 0.4) is 0 Å². The zero-order chi connectivity index (χ0) is 27.8. The maximum atomic E-state index is 12.4. The van der Waals surface area contributed by atoms with E-state index in [1.807, 2.05) is 0 Å². The smallest absolute Gasteiger partial charge is 0.338 e. The Bertz CT molecular complexity index is 683. The van der Waals surface area contributed by atoms with Gasteiger partial charge in [0.2, 0.25) is 0 Å². The van der Waals surface area contributed by atoms with Crippen LogP contribution >= 0.6 is 0 Å². The molecule has 6 heteroatoms. The predicted octanol–water partition coefficient (Wildman–Crippen LogP) is 7.37. The van der Waals surface area contributed by atoms with E-state index in [9.17, 15) is 9.59 Å². The molecule has 0 aliphatic carbocycles. The van der Waals surface area contributed by atoms with Crippen molar-refractivity contribution in [2.45, 2.75) is 104 Å². The van der Waals surface area contributed by atoms with Gasteiger partial charge in [0.15, 0.2) is 0 Å². The molecule has 0 aliphatic rings. The Morgan fingerprint density at radius 2 is 0.947 bits per heavy atom. The minimum Gasteiger partial charge on any atom is -0.462 e. The van der Waals surface area contributed by atoms with Crippen molar-refractivity contribution in [2.24, 2.45) is 0 Å². The van der Waals surface area contributed by atoms with Crippen LogP contribution in [0, 0.1) is 0 Å². The standard InChI is InChI=1S/C32H56N2O4/c1-5-7-9-11-13-22-33(3)24-15-17-26-37-31(35)29-20-19-21-30(28-29)32(36)38-27-18-16-25-34(4)23-14-12-10-8-6-2/h19-21,28H,5-18,22-27H2,1-4H3. The molecule has 0 heterocycles. The van der Waals surface area contributed by atoms with Gasteiger partial charge in [0.05, 0.1) is 24.3 Å². The van der Waals surface area contributed by atoms with E-state index in [0.717, 1.165) is 51.9 Å². The summed E-state index contributed by atoms with van der Waals surface area (Å²) in [6, 6.07) is 6.65. The monoisotopic (exact) mass is 532 g/mol. The normalized spacial score (nSPS) is 11.3. The Balaban J connectivity index is 2.18. The molecular weight excluding hydrogens is 476 g/mol. The molecular formula is C32H56N2O4. The number of esters is 2. The first kappa shape index (κ1) is 34.1. The summed E-state index contributed by atoms with van der Waals surface area (Å²) in [7, 11) is 4.32. The van der Waals surface area contributed by atoms with Gasteiger partial charge in [0.25, 0.3) is 0 Å². The molecule has 0 unspecified atom stereocenters. The maximum Gasteiger partial charge on any atom is 0.338 e. The van der Waals surface area contributed by atoms with E-state index in [0.29, 0.717) is 24.3 Å². The molecule has 0 N–H and O–H groups in total. The molecule has 6 nitrogen and oxygen atoms in total. The summed E-state index contributed by atoms with van der Waals surface area (Å²) in [5.41, 5.74) is 0.786. The van der Waals surface area contributed by atoms with Gasteiger partial charge < -0.3 is 19.3 Å². The summed E-state index contributed by atoms with van der Waals surface area (Å²) in [4.78, 5) is 29.6. The molecule has 38 heavy (non-hydrogen) atoms. The van der Waals surface area contributed by atoms with Crippen LogP contribution in [0.5, 0.6) is 0 Å². The van der Waals surface area contributed by atoms with Gasteiger partial charge in [0, 0.05) is 0 Å². The predicted molar refractivity (Wildman–Crippen MR) is 158 cm³/mol. The van der Waals surface area contributed by atoms with E-state index in [1.165, 1.54) is 64.2 Å². The van der Waals surface area contributed by atoms with Crippen LogP contribution in [0.15, 0.2) is 24.3 Å². The highest BCUT2D eigenvalue weighted by molar-refractivity contribution is 5.95. The summed E-state index contributed by atoms with van der Waals surface area (Å²) < 4.78 is 10.9. The molecule has 0 fully saturated rings. The third-order valence-electron chi connectivity index (χ3n) is 6.96. The molecule has 218 valence electrons. The lowest BCUT2D eigenvalue weighted by Crippen LogP contribution is -2.21. The number of nitrogens with zero attached hydrogens (tertiary/aromatic N) is 2. The first-order valence-corrected chi connectivity index (χ1v) is 15.3. The van der Waals surface area contributed by atoms with Crippen molar-refractivity contribution >= 4 is 11.9 Å². The fourth-order valence-electron chi connectivity index (χ4n) is 4.43. The largest absolute Gasteiger partial charge is 0.462 e. The maximum absolute atomic E-state index is 12.4. The number of rotatable bonds is 24. The molecule has 1 rings (SSSR count). The Morgan fingerprint density at radius 1 is 0.579 bits per heavy atom. The molecule has 0 spiro atoms. The van der Waals surface area contributed by atoms with E-state index >= 15 is 0 Å². The van der Waals surface area contributed by atoms with Crippen LogP contribution in [0.4, 0.5) is 0 Å². The zero-order valence-electron chi connectivity index (χ0n) is 25.0. The summed E-state index contributed by atoms with van der Waals surface area (Å²) in [5, 5.41) is 0. The number of hydrogen-bond acceptors (Lipinski definition) is 6. The molecule has 0 bridgehead atoms. The van der Waals surface area contributed by atoms with Crippen molar-refractivity contribution < 1.29 is 19.1 Å². The second kappa shape index (κ2) is 23.0. The van der Waals surface area contributed by atoms with Crippen molar-refractivity contribution in [3.63, 3.8) is 0 Å². The van der Waals surface area contributed by atoms with E-state index in [2.05, 4.69) is 37.7 Å². The Kier molecular flexibility index (Phi) is 20.7. The number of carbonyl (C=O) groups excluding carboxylic acids is 2. The Labute approximate surface area is 233 Å². The summed E-state index contributed by atoms with van der Waals surface area (Å²) in [5.74, 6) is -0.775. The van der Waals surface area contributed by atoms with E-state index < -0.39 is 0 Å². The van der Waals surface area contributed by atoms with Gasteiger partial charge in [-0.1, -0.05) is 71.3 Å². The second-order valence-electron chi connectivity index (χ2n) is 10.7. The van der Waals surface area contributed by atoms with Crippen LogP contribution in [0.2, 0.25) is 0 Å². The van der Waals surface area contributed by atoms with Crippen molar-refractivity contribution in [3.8, 4) is 0 Å². The number of ether oxygens (including phenoxy) is 2. The van der Waals surface area contributed by atoms with Crippen LogP contribution in [0.1, 0.15) is 124 Å². The van der Waals surface area contributed by atoms with Gasteiger partial charge in [0.1, 0.15) is 0 Å². The number of carbonyl (C=O) groups is 2. The summed E-state index contributed by atoms with van der Waals surface area (Å²) >= 11 is 0. The van der Waals surface area contributed by atoms with Crippen LogP contribution in [-0.2, 0) is 9.47 Å². The highest BCUT2D eigenvalue weighted by Gasteiger charge is 2.13. The fraction of sp³-hybridized carbons (Fsp3) is 0.750. The highest BCUT2D eigenvalue weighted by Crippen LogP contribution is 2.10. The average molecular weight is 533 g/mol. The van der Waals surface area contributed by atoms with Gasteiger partial charge in [-0.15, -0.1) is 0 Å². The van der Waals surface area contributed by atoms with E-state index in [-0.39, 0.29) is 11.9 Å². The summed E-state index contributed by atoms with van der Waals surface area (Å²) in [6.07, 6.45) is 16.7. The van der Waals surface area contributed by atoms with Gasteiger partial charge in [-0.3, -0.25) is 0 Å². The van der Waals surface area contributed by atoms with E-state index in [4.69, 9.17) is 9.47 Å². The molecule has 0 aliphatic heterocycles. The quantitative estimate of drug-likeness (QED) is 0.102. The van der Waals surface area contributed by atoms with Crippen molar-refractivity contribution in [1.82, 2.24) is 9.80 Å². The van der Waals surface area contributed by atoms with Gasteiger partial charge in [-0.05, 0) is 97.0 Å². The van der Waals surface area contributed by atoms with E-state index in [1.54, 1.807) is 24.3 Å². The van der Waals surface area contributed by atoms with Crippen molar-refractivity contribution in [2.75, 3.05) is 53.5 Å². The van der Waals surface area contributed by atoms with Gasteiger partial charge in [-0.25, -0.2) is 9.59 Å². The molecule has 1 aromatic carbocycles. The molecule has 1 aromatic rings. The lowest BCUT2D eigenvalue weighted by Gasteiger charge is -2.16. The topological polar surface area (TPSA) is 59.1 Å². The third-order valence-corrected chi connectivity index (χ3v) is 6.96. The Hall–Kier alpha value is -1.92. The van der Waals surface area contributed by atoms with Crippen LogP contribution in [0.25, 0.3) is 0 Å². The molecule has 0 radical (unpaired) electrons. The van der Waals surface area contributed by atoms with Gasteiger partial charge in [-0.2, -0.15) is 0 Å². The molecule has 0 amide bonds. The minimum absolute atomic E-state index is 0.387. The Morgan fingerprint density at radius 3 is 1.34 bits per heavy atom. The first-order valence-electron chi connectivity index (χ1n) is 15.3.